The number of rotatable bonds is 3. The van der Waals surface area contributed by atoms with Gasteiger partial charge in [-0.2, -0.15) is 0 Å². The number of carbonyl (C=O) groups is 1. The van der Waals surface area contributed by atoms with Gasteiger partial charge in [-0.1, -0.05) is 77.0 Å². The third-order valence-corrected chi connectivity index (χ3v) is 5.67. The summed E-state index contributed by atoms with van der Waals surface area (Å²) in [5.41, 5.74) is 0. The Morgan fingerprint density at radius 2 is 1.05 bits per heavy atom. The molecule has 1 amide bonds. The van der Waals surface area contributed by atoms with Crippen LogP contribution in [0.4, 0.5) is 0 Å². The minimum atomic E-state index is 0.341. The van der Waals surface area contributed by atoms with E-state index in [-0.39, 0.29) is 0 Å². The highest BCUT2D eigenvalue weighted by molar-refractivity contribution is 5.76. The van der Waals surface area contributed by atoms with E-state index in [4.69, 9.17) is 0 Å². The molecule has 0 heterocycles. The first-order valence-corrected chi connectivity index (χ1v) is 10.1. The molecule has 2 aliphatic rings. The van der Waals surface area contributed by atoms with Crippen molar-refractivity contribution in [1.82, 2.24) is 5.32 Å². The molecule has 0 aromatic carbocycles. The Labute approximate surface area is 137 Å². The van der Waals surface area contributed by atoms with Crippen molar-refractivity contribution in [3.63, 3.8) is 0 Å². The number of carbonyl (C=O) groups excluding carboxylic acids is 1. The number of amides is 1. The van der Waals surface area contributed by atoms with E-state index in [0.717, 1.165) is 6.42 Å². The fraction of sp³-hybridized carbons (Fsp3) is 0.950. The van der Waals surface area contributed by atoms with E-state index in [1.165, 1.54) is 103 Å². The van der Waals surface area contributed by atoms with Gasteiger partial charge in [-0.3, -0.25) is 4.79 Å². The molecule has 0 saturated heterocycles. The molecule has 0 aromatic heterocycles. The van der Waals surface area contributed by atoms with Crippen molar-refractivity contribution in [1.29, 1.82) is 0 Å². The van der Waals surface area contributed by atoms with Gasteiger partial charge in [-0.25, -0.2) is 0 Å². The smallest absolute Gasteiger partial charge is 0.220 e. The normalized spacial score (nSPS) is 24.2. The maximum atomic E-state index is 12.4. The van der Waals surface area contributed by atoms with Gasteiger partial charge in [0.1, 0.15) is 0 Å². The summed E-state index contributed by atoms with van der Waals surface area (Å²) < 4.78 is 0. The average Bonchev–Trinajstić information content (AvgIpc) is 2.71. The molecule has 2 rings (SSSR count). The number of hydrogen-bond donors (Lipinski definition) is 1. The van der Waals surface area contributed by atoms with Crippen LogP contribution in [0.2, 0.25) is 0 Å². The van der Waals surface area contributed by atoms with E-state index >= 15 is 0 Å². The standard InChI is InChI=1S/C20H37NO/c22-20(17-18-13-9-5-1-2-6-10-14-18)21-19-15-11-7-3-4-8-12-16-19/h18-19H,1-17H2,(H,21,22). The summed E-state index contributed by atoms with van der Waals surface area (Å²) >= 11 is 0. The average molecular weight is 308 g/mol. The highest BCUT2D eigenvalue weighted by Crippen LogP contribution is 2.24. The Morgan fingerprint density at radius 1 is 0.636 bits per heavy atom. The van der Waals surface area contributed by atoms with Gasteiger partial charge in [-0.15, -0.1) is 0 Å². The van der Waals surface area contributed by atoms with Crippen LogP contribution in [0, 0.1) is 5.92 Å². The van der Waals surface area contributed by atoms with Crippen molar-refractivity contribution in [2.75, 3.05) is 0 Å². The summed E-state index contributed by atoms with van der Waals surface area (Å²) in [4.78, 5) is 12.4. The fourth-order valence-corrected chi connectivity index (χ4v) is 4.25. The molecule has 0 bridgehead atoms. The molecule has 0 aromatic rings. The molecule has 128 valence electrons. The molecule has 0 aliphatic heterocycles. The summed E-state index contributed by atoms with van der Waals surface area (Å²) in [7, 11) is 0. The van der Waals surface area contributed by atoms with Crippen LogP contribution in [-0.4, -0.2) is 11.9 Å². The van der Waals surface area contributed by atoms with Gasteiger partial charge >= 0.3 is 0 Å². The Balaban J connectivity index is 1.72. The molecular weight excluding hydrogens is 270 g/mol. The number of nitrogens with one attached hydrogen (secondary N) is 1. The van der Waals surface area contributed by atoms with E-state index in [1.54, 1.807) is 0 Å². The first-order chi connectivity index (χ1) is 10.8. The second-order valence-electron chi connectivity index (χ2n) is 7.73. The Hall–Kier alpha value is -0.530. The summed E-state index contributed by atoms with van der Waals surface area (Å²) in [6, 6.07) is 0.460. The second kappa shape index (κ2) is 11.1. The lowest BCUT2D eigenvalue weighted by Gasteiger charge is -2.21. The molecule has 2 heteroatoms. The summed E-state index contributed by atoms with van der Waals surface area (Å²) in [6.07, 6.45) is 22.1. The Bertz CT molecular complexity index is 254. The van der Waals surface area contributed by atoms with Crippen LogP contribution in [0.15, 0.2) is 0 Å². The predicted molar refractivity (Wildman–Crippen MR) is 93.9 cm³/mol. The lowest BCUT2D eigenvalue weighted by atomic mass is 9.93. The van der Waals surface area contributed by atoms with Crippen molar-refractivity contribution < 1.29 is 4.79 Å². The first-order valence-electron chi connectivity index (χ1n) is 10.1. The zero-order valence-electron chi connectivity index (χ0n) is 14.6. The third kappa shape index (κ3) is 7.65. The van der Waals surface area contributed by atoms with E-state index in [9.17, 15) is 4.79 Å². The van der Waals surface area contributed by atoms with Gasteiger partial charge in [0.2, 0.25) is 5.91 Å². The molecule has 0 unspecified atom stereocenters. The molecule has 0 atom stereocenters. The SMILES string of the molecule is O=C(CC1CCCCCCCC1)NC1CCCCCCCC1. The molecular formula is C20H37NO. The Kier molecular flexibility index (Phi) is 8.97. The van der Waals surface area contributed by atoms with Gasteiger partial charge in [-0.05, 0) is 31.6 Å². The minimum Gasteiger partial charge on any atom is -0.353 e. The first kappa shape index (κ1) is 17.8. The van der Waals surface area contributed by atoms with Crippen LogP contribution < -0.4 is 5.32 Å². The summed E-state index contributed by atoms with van der Waals surface area (Å²) in [5, 5.41) is 3.37. The molecule has 2 aliphatic carbocycles. The van der Waals surface area contributed by atoms with E-state index in [1.807, 2.05) is 0 Å². The quantitative estimate of drug-likeness (QED) is 0.707. The molecule has 22 heavy (non-hydrogen) atoms. The van der Waals surface area contributed by atoms with Crippen molar-refractivity contribution in [2.45, 2.75) is 115 Å². The minimum absolute atomic E-state index is 0.341. The van der Waals surface area contributed by atoms with Gasteiger partial charge in [0.05, 0.1) is 0 Å². The van der Waals surface area contributed by atoms with Crippen LogP contribution in [0.1, 0.15) is 109 Å². The predicted octanol–water partition coefficient (Wildman–Crippen LogP) is 5.75. The topological polar surface area (TPSA) is 29.1 Å². The largest absolute Gasteiger partial charge is 0.353 e. The van der Waals surface area contributed by atoms with E-state index in [0.29, 0.717) is 17.9 Å². The maximum Gasteiger partial charge on any atom is 0.220 e. The zero-order valence-corrected chi connectivity index (χ0v) is 14.6. The molecule has 2 fully saturated rings. The molecule has 2 saturated carbocycles. The highest BCUT2D eigenvalue weighted by Gasteiger charge is 2.18. The van der Waals surface area contributed by atoms with Gasteiger partial charge in [0.15, 0.2) is 0 Å². The van der Waals surface area contributed by atoms with Crippen LogP contribution in [0.25, 0.3) is 0 Å². The van der Waals surface area contributed by atoms with Crippen LogP contribution in [0.5, 0.6) is 0 Å². The molecule has 0 radical (unpaired) electrons. The van der Waals surface area contributed by atoms with Crippen LogP contribution in [0.3, 0.4) is 0 Å². The van der Waals surface area contributed by atoms with E-state index < -0.39 is 0 Å². The van der Waals surface area contributed by atoms with Crippen molar-refractivity contribution >= 4 is 5.91 Å². The third-order valence-electron chi connectivity index (χ3n) is 5.67. The van der Waals surface area contributed by atoms with Gasteiger partial charge in [0, 0.05) is 12.5 Å². The molecule has 2 nitrogen and oxygen atoms in total. The van der Waals surface area contributed by atoms with Crippen molar-refractivity contribution in [3.05, 3.63) is 0 Å². The zero-order chi connectivity index (χ0) is 15.5. The maximum absolute atomic E-state index is 12.4. The lowest BCUT2D eigenvalue weighted by molar-refractivity contribution is -0.123. The fourth-order valence-electron chi connectivity index (χ4n) is 4.25. The summed E-state index contributed by atoms with van der Waals surface area (Å²) in [5.74, 6) is 0.989. The Morgan fingerprint density at radius 3 is 1.55 bits per heavy atom. The second-order valence-corrected chi connectivity index (χ2v) is 7.73. The monoisotopic (exact) mass is 307 g/mol. The van der Waals surface area contributed by atoms with Gasteiger partial charge < -0.3 is 5.32 Å². The van der Waals surface area contributed by atoms with Crippen LogP contribution >= 0.6 is 0 Å². The molecule has 0 spiro atoms. The van der Waals surface area contributed by atoms with E-state index in [2.05, 4.69) is 5.32 Å². The summed E-state index contributed by atoms with van der Waals surface area (Å²) in [6.45, 7) is 0. The van der Waals surface area contributed by atoms with Gasteiger partial charge in [0.25, 0.3) is 0 Å². The van der Waals surface area contributed by atoms with Crippen LogP contribution in [-0.2, 0) is 4.79 Å². The van der Waals surface area contributed by atoms with Crippen molar-refractivity contribution in [2.24, 2.45) is 5.92 Å². The van der Waals surface area contributed by atoms with Crippen molar-refractivity contribution in [3.8, 4) is 0 Å². The number of hydrogen-bond acceptors (Lipinski definition) is 1. The lowest BCUT2D eigenvalue weighted by Crippen LogP contribution is -2.35. The molecule has 1 N–H and O–H groups in total. The highest BCUT2D eigenvalue weighted by atomic mass is 16.1.